The lowest BCUT2D eigenvalue weighted by Crippen LogP contribution is -2.19. The standard InChI is InChI=1S/C22H16O2/c23-21-10-9-17-18(22(21)24)8-7-15-11-19-14(12-20(15)17)6-5-13-3-1-2-4-16(13)19/h1-12,21-24H/t21-,22?/m1/s1. The largest absolute Gasteiger partial charge is 0.386 e. The minimum atomic E-state index is -0.860. The Balaban J connectivity index is 1.89. The van der Waals surface area contributed by atoms with Crippen LogP contribution in [0, 0.1) is 0 Å². The summed E-state index contributed by atoms with van der Waals surface area (Å²) in [6, 6.07) is 21.1. The van der Waals surface area contributed by atoms with E-state index in [1.807, 2.05) is 18.2 Å². The second-order valence-electron chi connectivity index (χ2n) is 6.44. The molecule has 2 atom stereocenters. The van der Waals surface area contributed by atoms with Crippen LogP contribution in [-0.2, 0) is 0 Å². The average molecular weight is 312 g/mol. The van der Waals surface area contributed by atoms with Crippen molar-refractivity contribution in [2.45, 2.75) is 12.2 Å². The fourth-order valence-corrected chi connectivity index (χ4v) is 3.80. The van der Waals surface area contributed by atoms with E-state index in [-0.39, 0.29) is 0 Å². The smallest absolute Gasteiger partial charge is 0.109 e. The van der Waals surface area contributed by atoms with Crippen LogP contribution in [0.1, 0.15) is 17.2 Å². The molecule has 0 radical (unpaired) electrons. The Labute approximate surface area is 139 Å². The Kier molecular flexibility index (Phi) is 2.81. The summed E-state index contributed by atoms with van der Waals surface area (Å²) in [5.41, 5.74) is 1.79. The summed E-state index contributed by atoms with van der Waals surface area (Å²) in [5.74, 6) is 0. The van der Waals surface area contributed by atoms with E-state index in [0.29, 0.717) is 0 Å². The lowest BCUT2D eigenvalue weighted by Gasteiger charge is -2.23. The van der Waals surface area contributed by atoms with Crippen LogP contribution in [0.4, 0.5) is 0 Å². The highest BCUT2D eigenvalue weighted by atomic mass is 16.3. The lowest BCUT2D eigenvalue weighted by molar-refractivity contribution is 0.0471. The van der Waals surface area contributed by atoms with Gasteiger partial charge in [-0.25, -0.2) is 0 Å². The molecule has 0 fully saturated rings. The number of aliphatic hydroxyl groups is 2. The fourth-order valence-electron chi connectivity index (χ4n) is 3.80. The van der Waals surface area contributed by atoms with Crippen molar-refractivity contribution in [1.29, 1.82) is 0 Å². The number of rotatable bonds is 0. The lowest BCUT2D eigenvalue weighted by atomic mass is 9.87. The molecular formula is C22H16O2. The third-order valence-corrected chi connectivity index (χ3v) is 5.06. The molecule has 2 heteroatoms. The maximum atomic E-state index is 10.2. The summed E-state index contributed by atoms with van der Waals surface area (Å²) in [4.78, 5) is 0. The van der Waals surface area contributed by atoms with Crippen molar-refractivity contribution in [3.63, 3.8) is 0 Å². The Bertz CT molecular complexity index is 1140. The van der Waals surface area contributed by atoms with E-state index in [0.717, 1.165) is 21.9 Å². The Morgan fingerprint density at radius 1 is 0.667 bits per heavy atom. The molecule has 0 aliphatic heterocycles. The van der Waals surface area contributed by atoms with Crippen molar-refractivity contribution in [1.82, 2.24) is 0 Å². The maximum absolute atomic E-state index is 10.2. The number of fused-ring (bicyclic) bond motifs is 6. The SMILES string of the molecule is OC1c2ccc3cc4c(ccc5ccccc54)cc3c2C=C[C@H]1O. The van der Waals surface area contributed by atoms with E-state index >= 15 is 0 Å². The number of hydrogen-bond acceptors (Lipinski definition) is 2. The minimum absolute atomic E-state index is 0.789. The van der Waals surface area contributed by atoms with Crippen LogP contribution >= 0.6 is 0 Å². The van der Waals surface area contributed by atoms with Gasteiger partial charge < -0.3 is 10.2 Å². The van der Waals surface area contributed by atoms with Crippen molar-refractivity contribution in [3.05, 3.63) is 77.9 Å². The normalized spacial score (nSPS) is 19.9. The van der Waals surface area contributed by atoms with E-state index < -0.39 is 12.2 Å². The molecule has 0 heterocycles. The summed E-state index contributed by atoms with van der Waals surface area (Å²) < 4.78 is 0. The molecule has 0 spiro atoms. The van der Waals surface area contributed by atoms with Crippen molar-refractivity contribution >= 4 is 38.4 Å². The molecule has 1 aliphatic rings. The predicted molar refractivity (Wildman–Crippen MR) is 99.0 cm³/mol. The quantitative estimate of drug-likeness (QED) is 0.369. The number of benzene rings is 4. The number of hydrogen-bond donors (Lipinski definition) is 2. The van der Waals surface area contributed by atoms with Gasteiger partial charge in [0, 0.05) is 0 Å². The van der Waals surface area contributed by atoms with E-state index in [1.54, 1.807) is 6.08 Å². The monoisotopic (exact) mass is 312 g/mol. The van der Waals surface area contributed by atoms with Crippen LogP contribution in [0.2, 0.25) is 0 Å². The van der Waals surface area contributed by atoms with Gasteiger partial charge in [-0.3, -0.25) is 0 Å². The van der Waals surface area contributed by atoms with Gasteiger partial charge >= 0.3 is 0 Å². The molecule has 2 N–H and O–H groups in total. The number of aliphatic hydroxyl groups excluding tert-OH is 2. The van der Waals surface area contributed by atoms with Crippen molar-refractivity contribution in [2.75, 3.05) is 0 Å². The van der Waals surface area contributed by atoms with Crippen LogP contribution in [0.25, 0.3) is 38.4 Å². The first-order valence-corrected chi connectivity index (χ1v) is 8.15. The highest BCUT2D eigenvalue weighted by Crippen LogP contribution is 2.36. The zero-order chi connectivity index (χ0) is 16.3. The summed E-state index contributed by atoms with van der Waals surface area (Å²) in [6.07, 6.45) is 1.89. The molecule has 5 rings (SSSR count). The molecule has 116 valence electrons. The fraction of sp³-hybridized carbons (Fsp3) is 0.0909. The molecule has 4 aromatic carbocycles. The molecule has 24 heavy (non-hydrogen) atoms. The molecule has 4 aromatic rings. The molecule has 0 saturated heterocycles. The first kappa shape index (κ1) is 13.7. The Hall–Kier alpha value is -2.68. The first-order valence-electron chi connectivity index (χ1n) is 8.15. The Morgan fingerprint density at radius 2 is 1.38 bits per heavy atom. The van der Waals surface area contributed by atoms with Gasteiger partial charge in [0.15, 0.2) is 0 Å². The maximum Gasteiger partial charge on any atom is 0.109 e. The van der Waals surface area contributed by atoms with Crippen LogP contribution in [0.3, 0.4) is 0 Å². The second-order valence-corrected chi connectivity index (χ2v) is 6.44. The molecule has 2 nitrogen and oxygen atoms in total. The molecule has 0 saturated carbocycles. The van der Waals surface area contributed by atoms with Crippen LogP contribution in [-0.4, -0.2) is 16.3 Å². The van der Waals surface area contributed by atoms with Crippen LogP contribution < -0.4 is 0 Å². The Morgan fingerprint density at radius 3 is 2.29 bits per heavy atom. The van der Waals surface area contributed by atoms with Crippen LogP contribution in [0.5, 0.6) is 0 Å². The summed E-state index contributed by atoms with van der Waals surface area (Å²) in [5, 5.41) is 27.3. The third kappa shape index (κ3) is 1.84. The van der Waals surface area contributed by atoms with Gasteiger partial charge in [-0.1, -0.05) is 60.7 Å². The zero-order valence-electron chi connectivity index (χ0n) is 13.0. The molecular weight excluding hydrogens is 296 g/mol. The molecule has 0 aromatic heterocycles. The van der Waals surface area contributed by atoms with Gasteiger partial charge in [0.25, 0.3) is 0 Å². The topological polar surface area (TPSA) is 40.5 Å². The highest BCUT2D eigenvalue weighted by Gasteiger charge is 2.23. The molecule has 0 amide bonds. The molecule has 1 aliphatic carbocycles. The predicted octanol–water partition coefficient (Wildman–Crippen LogP) is 4.57. The van der Waals surface area contributed by atoms with Gasteiger partial charge in [-0.15, -0.1) is 0 Å². The first-order chi connectivity index (χ1) is 11.7. The van der Waals surface area contributed by atoms with Gasteiger partial charge in [0.2, 0.25) is 0 Å². The average Bonchev–Trinajstić information content (AvgIpc) is 2.63. The molecule has 1 unspecified atom stereocenters. The summed E-state index contributed by atoms with van der Waals surface area (Å²) >= 11 is 0. The van der Waals surface area contributed by atoms with E-state index in [1.165, 1.54) is 21.5 Å². The van der Waals surface area contributed by atoms with Crippen LogP contribution in [0.15, 0.2) is 66.7 Å². The van der Waals surface area contributed by atoms with Crippen molar-refractivity contribution < 1.29 is 10.2 Å². The van der Waals surface area contributed by atoms with E-state index in [2.05, 4.69) is 48.5 Å². The second kappa shape index (κ2) is 4.91. The highest BCUT2D eigenvalue weighted by molar-refractivity contribution is 6.13. The third-order valence-electron chi connectivity index (χ3n) is 5.06. The minimum Gasteiger partial charge on any atom is -0.386 e. The van der Waals surface area contributed by atoms with Gasteiger partial charge in [0.1, 0.15) is 12.2 Å². The zero-order valence-corrected chi connectivity index (χ0v) is 13.0. The van der Waals surface area contributed by atoms with Gasteiger partial charge in [-0.2, -0.15) is 0 Å². The van der Waals surface area contributed by atoms with E-state index in [4.69, 9.17) is 0 Å². The summed E-state index contributed by atoms with van der Waals surface area (Å²) in [7, 11) is 0. The van der Waals surface area contributed by atoms with Gasteiger partial charge in [0.05, 0.1) is 0 Å². The van der Waals surface area contributed by atoms with E-state index in [9.17, 15) is 10.2 Å². The molecule has 0 bridgehead atoms. The van der Waals surface area contributed by atoms with Crippen molar-refractivity contribution in [3.8, 4) is 0 Å². The van der Waals surface area contributed by atoms with Gasteiger partial charge in [-0.05, 0) is 55.6 Å². The summed E-state index contributed by atoms with van der Waals surface area (Å²) in [6.45, 7) is 0. The van der Waals surface area contributed by atoms with Crippen molar-refractivity contribution in [2.24, 2.45) is 0 Å².